The fraction of sp³-hybridized carbons (Fsp3) is 0.762. The number of hydrogen-bond donors (Lipinski definition) is 0. The van der Waals surface area contributed by atoms with Gasteiger partial charge in [-0.25, -0.2) is 0 Å². The van der Waals surface area contributed by atoms with Crippen LogP contribution in [0.2, 0.25) is 18.6 Å². The van der Waals surface area contributed by atoms with E-state index in [2.05, 4.69) is 78.9 Å². The van der Waals surface area contributed by atoms with E-state index in [1.807, 2.05) is 0 Å². The molecule has 2 rings (SSSR count). The monoisotopic (exact) mass is 451 g/mol. The topological polar surface area (TPSA) is 14.1 Å². The molecule has 2 aliphatic rings. The maximum atomic E-state index is 5.38. The molecule has 26 heavy (non-hydrogen) atoms. The molecule has 4 unspecified atom stereocenters. The van der Waals surface area contributed by atoms with Crippen LogP contribution in [0.15, 0.2) is 24.3 Å². The first-order chi connectivity index (χ1) is 11.3. The van der Waals surface area contributed by atoms with Gasteiger partial charge in [-0.15, -0.1) is 5.54 Å². The molecule has 4 atom stereocenters. The average molecular weight is 452 g/mol. The maximum absolute atomic E-state index is 5.38. The number of hydrogen-bond acceptors (Lipinski definition) is 0. The SMILES string of the molecule is CC(C)(C)CC1CC2C=CC=CC2C1[Si](C)(C)[N-]C(C)(C)C.[CH3-].[Cl][Ti][Cl]. The molecule has 0 aromatic carbocycles. The van der Waals surface area contributed by atoms with E-state index in [0.717, 1.165) is 23.3 Å². The summed E-state index contributed by atoms with van der Waals surface area (Å²) in [5.41, 5.74) is 1.29. The minimum absolute atomic E-state index is 0. The van der Waals surface area contributed by atoms with E-state index < -0.39 is 25.3 Å². The first-order valence-electron chi connectivity index (χ1n) is 9.36. The van der Waals surface area contributed by atoms with Gasteiger partial charge in [0.1, 0.15) is 0 Å². The Bertz CT molecular complexity index is 477. The van der Waals surface area contributed by atoms with Gasteiger partial charge in [-0.1, -0.05) is 92.7 Å². The third-order valence-electron chi connectivity index (χ3n) is 5.11. The zero-order valence-electron chi connectivity index (χ0n) is 18.2. The Morgan fingerprint density at radius 3 is 2.00 bits per heavy atom. The van der Waals surface area contributed by atoms with Crippen molar-refractivity contribution in [3.8, 4) is 0 Å². The third-order valence-corrected chi connectivity index (χ3v) is 8.84. The van der Waals surface area contributed by atoms with Gasteiger partial charge >= 0.3 is 35.6 Å². The number of nitrogens with zero attached hydrogens (tertiary/aromatic N) is 1. The Morgan fingerprint density at radius 1 is 1.04 bits per heavy atom. The van der Waals surface area contributed by atoms with Crippen LogP contribution in [0.25, 0.3) is 4.98 Å². The van der Waals surface area contributed by atoms with E-state index >= 15 is 0 Å². The summed E-state index contributed by atoms with van der Waals surface area (Å²) in [6, 6.07) is 0. The zero-order chi connectivity index (χ0) is 19.5. The van der Waals surface area contributed by atoms with Crippen LogP contribution in [0.5, 0.6) is 0 Å². The first-order valence-corrected chi connectivity index (χ1v) is 16.7. The summed E-state index contributed by atoms with van der Waals surface area (Å²) in [4.78, 5) is 5.38. The fourth-order valence-electron chi connectivity index (χ4n) is 5.09. The van der Waals surface area contributed by atoms with Gasteiger partial charge in [-0.05, 0) is 36.0 Å². The van der Waals surface area contributed by atoms with Crippen molar-refractivity contribution in [2.75, 3.05) is 0 Å². The van der Waals surface area contributed by atoms with Crippen molar-refractivity contribution < 1.29 is 17.0 Å². The molecule has 152 valence electrons. The van der Waals surface area contributed by atoms with Gasteiger partial charge in [0.15, 0.2) is 0 Å². The molecule has 0 aromatic heterocycles. The molecule has 0 saturated heterocycles. The summed E-state index contributed by atoms with van der Waals surface area (Å²) in [6.45, 7) is 19.0. The summed E-state index contributed by atoms with van der Waals surface area (Å²) in [7, 11) is 8.14. The second-order valence-electron chi connectivity index (χ2n) is 10.3. The Balaban J connectivity index is 0.00000146. The van der Waals surface area contributed by atoms with Crippen molar-refractivity contribution in [1.82, 2.24) is 0 Å². The predicted octanol–water partition coefficient (Wildman–Crippen LogP) is 8.38. The van der Waals surface area contributed by atoms with Crippen molar-refractivity contribution in [2.24, 2.45) is 23.2 Å². The molecule has 2 aliphatic carbocycles. The van der Waals surface area contributed by atoms with Gasteiger partial charge in [0, 0.05) is 0 Å². The van der Waals surface area contributed by atoms with E-state index in [4.69, 9.17) is 23.6 Å². The summed E-state index contributed by atoms with van der Waals surface area (Å²) >= 11 is -0.556. The van der Waals surface area contributed by atoms with E-state index in [9.17, 15) is 0 Å². The molecule has 1 saturated carbocycles. The van der Waals surface area contributed by atoms with Crippen LogP contribution in [0.4, 0.5) is 0 Å². The minimum atomic E-state index is -1.64. The molecule has 0 N–H and O–H groups in total. The summed E-state index contributed by atoms with van der Waals surface area (Å²) in [6.07, 6.45) is 12.2. The molecule has 1 nitrogen and oxygen atoms in total. The number of fused-ring (bicyclic) bond motifs is 1. The van der Waals surface area contributed by atoms with Gasteiger partial charge in [-0.2, -0.15) is 0 Å². The molecule has 0 spiro atoms. The quantitative estimate of drug-likeness (QED) is 0.302. The summed E-state index contributed by atoms with van der Waals surface area (Å²) < 4.78 is 0. The average Bonchev–Trinajstić information content (AvgIpc) is 2.72. The molecular formula is C21H39Cl2NSiTi-2. The van der Waals surface area contributed by atoms with Crippen molar-refractivity contribution in [3.63, 3.8) is 0 Å². The van der Waals surface area contributed by atoms with Gasteiger partial charge < -0.3 is 12.4 Å². The molecular weight excluding hydrogens is 413 g/mol. The van der Waals surface area contributed by atoms with E-state index in [1.165, 1.54) is 12.8 Å². The van der Waals surface area contributed by atoms with Crippen molar-refractivity contribution in [2.45, 2.75) is 78.6 Å². The van der Waals surface area contributed by atoms with E-state index in [0.29, 0.717) is 5.41 Å². The molecule has 0 bridgehead atoms. The second-order valence-corrected chi connectivity index (χ2v) is 17.1. The van der Waals surface area contributed by atoms with Gasteiger partial charge in [-0.3, -0.25) is 0 Å². The van der Waals surface area contributed by atoms with Crippen LogP contribution in [-0.2, 0) is 17.0 Å². The van der Waals surface area contributed by atoms with Crippen molar-refractivity contribution >= 4 is 26.8 Å². The molecule has 0 aliphatic heterocycles. The van der Waals surface area contributed by atoms with Crippen molar-refractivity contribution in [1.29, 1.82) is 0 Å². The number of halogens is 2. The van der Waals surface area contributed by atoms with Crippen LogP contribution in [0.1, 0.15) is 54.4 Å². The molecule has 0 radical (unpaired) electrons. The van der Waals surface area contributed by atoms with Crippen LogP contribution < -0.4 is 0 Å². The third kappa shape index (κ3) is 8.54. The zero-order valence-corrected chi connectivity index (χ0v) is 22.3. The first kappa shape index (κ1) is 27.0. The molecule has 0 amide bonds. The molecule has 5 heteroatoms. The summed E-state index contributed by atoms with van der Waals surface area (Å²) in [5.74, 6) is 2.31. The molecule has 0 aromatic rings. The van der Waals surface area contributed by atoms with Crippen LogP contribution in [0.3, 0.4) is 0 Å². The number of rotatable bonds is 3. The Hall–Kier alpha value is 0.951. The van der Waals surface area contributed by atoms with Gasteiger partial charge in [0.25, 0.3) is 0 Å². The normalized spacial score (nSPS) is 27.9. The van der Waals surface area contributed by atoms with Crippen molar-refractivity contribution in [3.05, 3.63) is 36.7 Å². The molecule has 0 heterocycles. The second kappa shape index (κ2) is 10.6. The summed E-state index contributed by atoms with van der Waals surface area (Å²) in [5, 5.41) is 0. The van der Waals surface area contributed by atoms with E-state index in [1.54, 1.807) is 0 Å². The Kier molecular flexibility index (Phi) is 11.0. The fourth-order valence-corrected chi connectivity index (χ4v) is 9.67. The Labute approximate surface area is 181 Å². The van der Waals surface area contributed by atoms with Crippen LogP contribution >= 0.6 is 18.6 Å². The van der Waals surface area contributed by atoms with Gasteiger partial charge in [0.05, 0.1) is 0 Å². The molecule has 1 fully saturated rings. The predicted molar refractivity (Wildman–Crippen MR) is 120 cm³/mol. The van der Waals surface area contributed by atoms with Crippen LogP contribution in [0, 0.1) is 30.6 Å². The van der Waals surface area contributed by atoms with Gasteiger partial charge in [0.2, 0.25) is 0 Å². The standard InChI is InChI=1S/C20H36NSi.CH3.2ClH.Ti/c1-19(2,3)14-16-13-15-11-9-10-12-17(15)18(16)22(7,8)21-20(4,5)6;;;;/h9-12,15-18H,13-14H2,1-8H3;1H3;2*1H;/q2*-1;;;+2/p-2. The number of allylic oxidation sites excluding steroid dienone is 4. The Morgan fingerprint density at radius 2 is 1.54 bits per heavy atom. The van der Waals surface area contributed by atoms with E-state index in [-0.39, 0.29) is 13.0 Å². The van der Waals surface area contributed by atoms with Crippen LogP contribution in [-0.4, -0.2) is 13.8 Å².